The maximum atomic E-state index is 5.49. The lowest BCUT2D eigenvalue weighted by Crippen LogP contribution is -2.33. The van der Waals surface area contributed by atoms with Crippen LogP contribution in [-0.4, -0.2) is 11.5 Å². The molecule has 0 radical (unpaired) electrons. The van der Waals surface area contributed by atoms with Gasteiger partial charge in [-0.2, -0.15) is 0 Å². The van der Waals surface area contributed by atoms with Crippen LogP contribution < -0.4 is 5.32 Å². The highest BCUT2D eigenvalue weighted by Crippen LogP contribution is 2.40. The van der Waals surface area contributed by atoms with Crippen molar-refractivity contribution in [2.75, 3.05) is 6.54 Å². The zero-order valence-corrected chi connectivity index (χ0v) is 16.4. The van der Waals surface area contributed by atoms with Crippen LogP contribution in [-0.2, 0) is 0 Å². The number of benzene rings is 1. The Kier molecular flexibility index (Phi) is 4.66. The van der Waals surface area contributed by atoms with Crippen LogP contribution in [0.3, 0.4) is 0 Å². The van der Waals surface area contributed by atoms with E-state index in [0.717, 1.165) is 25.1 Å². The molecule has 2 aromatic heterocycles. The van der Waals surface area contributed by atoms with Gasteiger partial charge in [-0.05, 0) is 74.3 Å². The van der Waals surface area contributed by atoms with Crippen molar-refractivity contribution in [3.63, 3.8) is 0 Å². The third kappa shape index (κ3) is 2.99. The second kappa shape index (κ2) is 6.96. The van der Waals surface area contributed by atoms with Gasteiger partial charge < -0.3 is 14.7 Å². The van der Waals surface area contributed by atoms with Crippen LogP contribution in [0.2, 0.25) is 0 Å². The fraction of sp³-hybridized carbons (Fsp3) is 0.478. The van der Waals surface area contributed by atoms with E-state index in [1.165, 1.54) is 34.1 Å². The van der Waals surface area contributed by atoms with E-state index < -0.39 is 0 Å². The van der Waals surface area contributed by atoms with Gasteiger partial charge >= 0.3 is 0 Å². The largest absolute Gasteiger partial charge is 0.469 e. The molecule has 138 valence electrons. The third-order valence-corrected chi connectivity index (χ3v) is 6.20. The summed E-state index contributed by atoms with van der Waals surface area (Å²) in [6.07, 6.45) is 5.28. The normalized spacial score (nSPS) is 21.1. The van der Waals surface area contributed by atoms with E-state index in [9.17, 15) is 0 Å². The Hall–Kier alpha value is -2.00. The monoisotopic (exact) mass is 350 g/mol. The van der Waals surface area contributed by atoms with Crippen molar-refractivity contribution in [2.45, 2.75) is 64.8 Å². The van der Waals surface area contributed by atoms with Crippen molar-refractivity contribution >= 4 is 10.9 Å². The molecule has 3 aromatic rings. The van der Waals surface area contributed by atoms with Gasteiger partial charge in [0, 0.05) is 29.2 Å². The molecule has 1 aromatic carbocycles. The fourth-order valence-electron chi connectivity index (χ4n) is 4.62. The average Bonchev–Trinajstić information content (AvgIpc) is 3.23. The number of furan rings is 1. The minimum atomic E-state index is 0.412. The summed E-state index contributed by atoms with van der Waals surface area (Å²) in [5.41, 5.74) is 6.95. The standard InChI is InChI=1S/C23H30N2O/c1-5-17-13-24-21(9-7-15(3)18-10-11-26-16(18)4)23-22(17)19-12-14(2)6-8-20(19)25-23/h6,8,10-12,15,17,21,24-25H,5,7,9,13H2,1-4H3. The number of aromatic nitrogens is 1. The van der Waals surface area contributed by atoms with Crippen LogP contribution in [0, 0.1) is 13.8 Å². The first-order chi connectivity index (χ1) is 12.6. The van der Waals surface area contributed by atoms with Gasteiger partial charge in [-0.25, -0.2) is 0 Å². The smallest absolute Gasteiger partial charge is 0.104 e. The molecule has 0 saturated heterocycles. The first-order valence-corrected chi connectivity index (χ1v) is 9.98. The Morgan fingerprint density at radius 1 is 1.23 bits per heavy atom. The van der Waals surface area contributed by atoms with Crippen molar-refractivity contribution in [3.05, 3.63) is 58.7 Å². The highest BCUT2D eigenvalue weighted by Gasteiger charge is 2.30. The summed E-state index contributed by atoms with van der Waals surface area (Å²) < 4.78 is 5.49. The molecule has 2 N–H and O–H groups in total. The Bertz CT molecular complexity index is 904. The summed E-state index contributed by atoms with van der Waals surface area (Å²) >= 11 is 0. The van der Waals surface area contributed by atoms with Crippen molar-refractivity contribution in [1.29, 1.82) is 0 Å². The summed E-state index contributed by atoms with van der Waals surface area (Å²) in [5.74, 6) is 2.18. The third-order valence-electron chi connectivity index (χ3n) is 6.20. The lowest BCUT2D eigenvalue weighted by molar-refractivity contribution is 0.404. The van der Waals surface area contributed by atoms with E-state index >= 15 is 0 Å². The van der Waals surface area contributed by atoms with E-state index in [2.05, 4.69) is 62.3 Å². The lowest BCUT2D eigenvalue weighted by atomic mass is 9.85. The molecule has 0 spiro atoms. The summed E-state index contributed by atoms with van der Waals surface area (Å²) in [4.78, 5) is 3.75. The molecule has 3 unspecified atom stereocenters. The molecule has 0 fully saturated rings. The minimum Gasteiger partial charge on any atom is -0.469 e. The fourth-order valence-corrected chi connectivity index (χ4v) is 4.62. The average molecular weight is 351 g/mol. The van der Waals surface area contributed by atoms with Gasteiger partial charge in [0.1, 0.15) is 5.76 Å². The van der Waals surface area contributed by atoms with Gasteiger partial charge in [0.05, 0.1) is 6.26 Å². The molecule has 0 amide bonds. The molecule has 3 nitrogen and oxygen atoms in total. The van der Waals surface area contributed by atoms with Crippen molar-refractivity contribution in [2.24, 2.45) is 0 Å². The Labute approximate surface area is 156 Å². The van der Waals surface area contributed by atoms with Crippen LogP contribution in [0.5, 0.6) is 0 Å². The molecule has 1 aliphatic heterocycles. The molecule has 3 heteroatoms. The second-order valence-corrected chi connectivity index (χ2v) is 7.98. The molecule has 3 atom stereocenters. The number of nitrogens with one attached hydrogen (secondary N) is 2. The van der Waals surface area contributed by atoms with Crippen molar-refractivity contribution in [1.82, 2.24) is 10.3 Å². The lowest BCUT2D eigenvalue weighted by Gasteiger charge is -2.31. The topological polar surface area (TPSA) is 41.0 Å². The summed E-state index contributed by atoms with van der Waals surface area (Å²) in [6.45, 7) is 9.94. The van der Waals surface area contributed by atoms with Crippen LogP contribution in [0.25, 0.3) is 10.9 Å². The number of aromatic amines is 1. The number of aryl methyl sites for hydroxylation is 2. The van der Waals surface area contributed by atoms with Crippen LogP contribution in [0.15, 0.2) is 34.9 Å². The molecular weight excluding hydrogens is 320 g/mol. The van der Waals surface area contributed by atoms with Crippen LogP contribution in [0.4, 0.5) is 0 Å². The summed E-state index contributed by atoms with van der Waals surface area (Å²) in [7, 11) is 0. The molecule has 26 heavy (non-hydrogen) atoms. The number of hydrogen-bond acceptors (Lipinski definition) is 2. The molecule has 0 bridgehead atoms. The molecule has 3 heterocycles. The van der Waals surface area contributed by atoms with Gasteiger partial charge in [0.15, 0.2) is 0 Å². The maximum absolute atomic E-state index is 5.49. The van der Waals surface area contributed by atoms with Gasteiger partial charge in [0.2, 0.25) is 0 Å². The number of fused-ring (bicyclic) bond motifs is 3. The molecule has 0 aliphatic carbocycles. The highest BCUT2D eigenvalue weighted by atomic mass is 16.3. The Balaban J connectivity index is 1.61. The first-order valence-electron chi connectivity index (χ1n) is 9.98. The summed E-state index contributed by atoms with van der Waals surface area (Å²) in [5, 5.41) is 5.24. The number of H-pyrrole nitrogens is 1. The number of rotatable bonds is 5. The molecule has 0 saturated carbocycles. The SMILES string of the molecule is CCC1CNC(CCC(C)c2ccoc2C)c2[nH]c3ccc(C)cc3c21. The Morgan fingerprint density at radius 2 is 2.08 bits per heavy atom. The Morgan fingerprint density at radius 3 is 2.81 bits per heavy atom. The van der Waals surface area contributed by atoms with E-state index in [4.69, 9.17) is 4.42 Å². The van der Waals surface area contributed by atoms with E-state index in [-0.39, 0.29) is 0 Å². The van der Waals surface area contributed by atoms with Gasteiger partial charge in [-0.1, -0.05) is 25.5 Å². The number of hydrogen-bond donors (Lipinski definition) is 2. The molecule has 4 rings (SSSR count). The van der Waals surface area contributed by atoms with Gasteiger partial charge in [0.25, 0.3) is 0 Å². The predicted octanol–water partition coefficient (Wildman–Crippen LogP) is 6.10. The van der Waals surface area contributed by atoms with Crippen molar-refractivity contribution < 1.29 is 4.42 Å². The van der Waals surface area contributed by atoms with Crippen molar-refractivity contribution in [3.8, 4) is 0 Å². The summed E-state index contributed by atoms with van der Waals surface area (Å²) in [6, 6.07) is 9.34. The quantitative estimate of drug-likeness (QED) is 0.584. The van der Waals surface area contributed by atoms with E-state index in [1.54, 1.807) is 5.56 Å². The minimum absolute atomic E-state index is 0.412. The molecular formula is C23H30N2O. The maximum Gasteiger partial charge on any atom is 0.104 e. The molecule has 1 aliphatic rings. The van der Waals surface area contributed by atoms with E-state index in [1.807, 2.05) is 6.26 Å². The van der Waals surface area contributed by atoms with Gasteiger partial charge in [-0.15, -0.1) is 0 Å². The second-order valence-electron chi connectivity index (χ2n) is 7.98. The highest BCUT2D eigenvalue weighted by molar-refractivity contribution is 5.86. The predicted molar refractivity (Wildman–Crippen MR) is 108 cm³/mol. The van der Waals surface area contributed by atoms with Crippen LogP contribution in [0.1, 0.15) is 79.1 Å². The zero-order valence-electron chi connectivity index (χ0n) is 16.4. The first kappa shape index (κ1) is 17.4. The van der Waals surface area contributed by atoms with E-state index in [0.29, 0.717) is 17.9 Å². The zero-order chi connectivity index (χ0) is 18.3. The van der Waals surface area contributed by atoms with Gasteiger partial charge in [-0.3, -0.25) is 0 Å². The van der Waals surface area contributed by atoms with Crippen LogP contribution >= 0.6 is 0 Å².